The molecule has 4 heteroatoms. The van der Waals surface area contributed by atoms with Crippen molar-refractivity contribution in [2.24, 2.45) is 0 Å². The fourth-order valence-corrected chi connectivity index (χ4v) is 2.15. The largest absolute Gasteiger partial charge is 0.465 e. The zero-order valence-electron chi connectivity index (χ0n) is 12.3. The van der Waals surface area contributed by atoms with Gasteiger partial charge in [-0.3, -0.25) is 10.3 Å². The maximum atomic E-state index is 12.2. The molecule has 1 unspecified atom stereocenters. The summed E-state index contributed by atoms with van der Waals surface area (Å²) in [7, 11) is 0. The Morgan fingerprint density at radius 1 is 1.19 bits per heavy atom. The average Bonchev–Trinajstić information content (AvgIpc) is 2.54. The summed E-state index contributed by atoms with van der Waals surface area (Å²) in [5.74, 6) is -0.264. The molecule has 2 atom stereocenters. The smallest absolute Gasteiger partial charge is 0.327 e. The van der Waals surface area contributed by atoms with Gasteiger partial charge in [-0.05, 0) is 31.0 Å². The molecule has 2 aromatic rings. The molecule has 0 aliphatic rings. The van der Waals surface area contributed by atoms with E-state index >= 15 is 0 Å². The van der Waals surface area contributed by atoms with Crippen LogP contribution in [0.2, 0.25) is 0 Å². The first kappa shape index (κ1) is 15.2. The summed E-state index contributed by atoms with van der Waals surface area (Å²) in [4.78, 5) is 16.3. The zero-order valence-corrected chi connectivity index (χ0v) is 12.3. The summed E-state index contributed by atoms with van der Waals surface area (Å²) in [5, 5.41) is 3.32. The third-order valence-corrected chi connectivity index (χ3v) is 3.26. The number of carbonyl (C=O) groups excluding carboxylic acids is 1. The van der Waals surface area contributed by atoms with Gasteiger partial charge in [0, 0.05) is 18.4 Å². The highest BCUT2D eigenvalue weighted by Gasteiger charge is 2.23. The van der Waals surface area contributed by atoms with Crippen LogP contribution in [0.5, 0.6) is 0 Å². The highest BCUT2D eigenvalue weighted by Crippen LogP contribution is 2.20. The van der Waals surface area contributed by atoms with E-state index in [2.05, 4.69) is 10.3 Å². The van der Waals surface area contributed by atoms with Crippen molar-refractivity contribution in [2.45, 2.75) is 25.9 Å². The molecule has 0 aliphatic carbocycles. The summed E-state index contributed by atoms with van der Waals surface area (Å²) in [6, 6.07) is 13.0. The Labute approximate surface area is 125 Å². The molecule has 0 aliphatic heterocycles. The summed E-state index contributed by atoms with van der Waals surface area (Å²) in [6.45, 7) is 4.18. The molecule has 4 nitrogen and oxygen atoms in total. The molecular weight excluding hydrogens is 264 g/mol. The van der Waals surface area contributed by atoms with Gasteiger partial charge in [0.2, 0.25) is 0 Å². The van der Waals surface area contributed by atoms with E-state index in [4.69, 9.17) is 4.74 Å². The van der Waals surface area contributed by atoms with Gasteiger partial charge in [-0.15, -0.1) is 0 Å². The number of carbonyl (C=O) groups is 1. The van der Waals surface area contributed by atoms with E-state index in [9.17, 15) is 4.79 Å². The van der Waals surface area contributed by atoms with Gasteiger partial charge in [0.15, 0.2) is 0 Å². The van der Waals surface area contributed by atoms with E-state index in [0.717, 1.165) is 11.1 Å². The van der Waals surface area contributed by atoms with Gasteiger partial charge in [0.05, 0.1) is 6.61 Å². The van der Waals surface area contributed by atoms with Crippen LogP contribution < -0.4 is 5.32 Å². The fourth-order valence-electron chi connectivity index (χ4n) is 2.15. The Morgan fingerprint density at radius 3 is 2.52 bits per heavy atom. The van der Waals surface area contributed by atoms with Crippen LogP contribution in [0.15, 0.2) is 54.9 Å². The molecular formula is C17H20N2O2. The van der Waals surface area contributed by atoms with Crippen LogP contribution in [0.1, 0.15) is 37.1 Å². The summed E-state index contributed by atoms with van der Waals surface area (Å²) < 4.78 is 5.18. The quantitative estimate of drug-likeness (QED) is 0.828. The fraction of sp³-hybridized carbons (Fsp3) is 0.294. The Balaban J connectivity index is 2.18. The van der Waals surface area contributed by atoms with E-state index in [-0.39, 0.29) is 12.0 Å². The van der Waals surface area contributed by atoms with Gasteiger partial charge in [-0.25, -0.2) is 4.79 Å². The highest BCUT2D eigenvalue weighted by atomic mass is 16.5. The standard InChI is InChI=1S/C17H20N2O2/c1-3-21-17(20)16(14-8-5-4-6-9-14)19-13(2)15-10-7-11-18-12-15/h4-13,16,19H,3H2,1-2H3/t13-,16?/m1/s1. The number of nitrogens with one attached hydrogen (secondary N) is 1. The lowest BCUT2D eigenvalue weighted by Gasteiger charge is -2.22. The molecule has 0 fully saturated rings. The van der Waals surface area contributed by atoms with Crippen LogP contribution in [-0.4, -0.2) is 17.6 Å². The molecule has 1 N–H and O–H groups in total. The van der Waals surface area contributed by atoms with Crippen molar-refractivity contribution < 1.29 is 9.53 Å². The first-order chi connectivity index (χ1) is 10.2. The van der Waals surface area contributed by atoms with E-state index < -0.39 is 6.04 Å². The number of rotatable bonds is 6. The van der Waals surface area contributed by atoms with Crippen LogP contribution in [-0.2, 0) is 9.53 Å². The second-order valence-corrected chi connectivity index (χ2v) is 4.77. The number of esters is 1. The highest BCUT2D eigenvalue weighted by molar-refractivity contribution is 5.77. The number of hydrogen-bond donors (Lipinski definition) is 1. The van der Waals surface area contributed by atoms with Gasteiger partial charge in [-0.1, -0.05) is 36.4 Å². The normalized spacial score (nSPS) is 13.4. The topological polar surface area (TPSA) is 51.2 Å². The molecule has 0 spiro atoms. The van der Waals surface area contributed by atoms with Gasteiger partial charge in [0.25, 0.3) is 0 Å². The molecule has 1 aromatic heterocycles. The van der Waals surface area contributed by atoms with E-state index in [1.54, 1.807) is 12.4 Å². The number of hydrogen-bond acceptors (Lipinski definition) is 4. The molecule has 0 bridgehead atoms. The molecule has 21 heavy (non-hydrogen) atoms. The van der Waals surface area contributed by atoms with Crippen LogP contribution in [0.4, 0.5) is 0 Å². The summed E-state index contributed by atoms with van der Waals surface area (Å²) in [6.07, 6.45) is 3.53. The third kappa shape index (κ3) is 4.13. The number of aromatic nitrogens is 1. The molecule has 0 amide bonds. The van der Waals surface area contributed by atoms with Crippen molar-refractivity contribution in [2.75, 3.05) is 6.61 Å². The molecule has 0 saturated heterocycles. The lowest BCUT2D eigenvalue weighted by Crippen LogP contribution is -2.32. The Morgan fingerprint density at radius 2 is 1.90 bits per heavy atom. The number of ether oxygens (including phenoxy) is 1. The van der Waals surface area contributed by atoms with Crippen LogP contribution >= 0.6 is 0 Å². The van der Waals surface area contributed by atoms with E-state index in [0.29, 0.717) is 6.61 Å². The van der Waals surface area contributed by atoms with Gasteiger partial charge < -0.3 is 4.74 Å². The van der Waals surface area contributed by atoms with Gasteiger partial charge >= 0.3 is 5.97 Å². The summed E-state index contributed by atoms with van der Waals surface area (Å²) >= 11 is 0. The lowest BCUT2D eigenvalue weighted by molar-refractivity contribution is -0.146. The minimum atomic E-state index is -0.485. The number of benzene rings is 1. The number of nitrogens with zero attached hydrogens (tertiary/aromatic N) is 1. The second-order valence-electron chi connectivity index (χ2n) is 4.77. The molecule has 110 valence electrons. The van der Waals surface area contributed by atoms with E-state index in [1.807, 2.05) is 56.3 Å². The first-order valence-electron chi connectivity index (χ1n) is 7.10. The number of pyridine rings is 1. The molecule has 1 heterocycles. The Hall–Kier alpha value is -2.20. The molecule has 0 saturated carbocycles. The SMILES string of the molecule is CCOC(=O)C(N[C@H](C)c1cccnc1)c1ccccc1. The van der Waals surface area contributed by atoms with Crippen LogP contribution in [0.25, 0.3) is 0 Å². The van der Waals surface area contributed by atoms with Crippen molar-refractivity contribution in [1.29, 1.82) is 0 Å². The van der Waals surface area contributed by atoms with Crippen molar-refractivity contribution >= 4 is 5.97 Å². The Bertz CT molecular complexity index is 558. The van der Waals surface area contributed by atoms with Crippen LogP contribution in [0, 0.1) is 0 Å². The van der Waals surface area contributed by atoms with E-state index in [1.165, 1.54) is 0 Å². The molecule has 2 rings (SSSR count). The minimum absolute atomic E-state index is 0.00619. The predicted molar refractivity (Wildman–Crippen MR) is 81.6 cm³/mol. The second kappa shape index (κ2) is 7.55. The van der Waals surface area contributed by atoms with Crippen molar-refractivity contribution in [1.82, 2.24) is 10.3 Å². The van der Waals surface area contributed by atoms with Crippen molar-refractivity contribution in [3.05, 3.63) is 66.0 Å². The van der Waals surface area contributed by atoms with Crippen molar-refractivity contribution in [3.8, 4) is 0 Å². The average molecular weight is 284 g/mol. The van der Waals surface area contributed by atoms with Gasteiger partial charge in [0.1, 0.15) is 6.04 Å². The van der Waals surface area contributed by atoms with Crippen molar-refractivity contribution in [3.63, 3.8) is 0 Å². The predicted octanol–water partition coefficient (Wildman–Crippen LogP) is 3.04. The van der Waals surface area contributed by atoms with Gasteiger partial charge in [-0.2, -0.15) is 0 Å². The maximum Gasteiger partial charge on any atom is 0.327 e. The third-order valence-electron chi connectivity index (χ3n) is 3.26. The summed E-state index contributed by atoms with van der Waals surface area (Å²) in [5.41, 5.74) is 1.93. The monoisotopic (exact) mass is 284 g/mol. The zero-order chi connectivity index (χ0) is 15.1. The first-order valence-corrected chi connectivity index (χ1v) is 7.10. The molecule has 0 radical (unpaired) electrons. The lowest BCUT2D eigenvalue weighted by atomic mass is 10.0. The maximum absolute atomic E-state index is 12.2. The minimum Gasteiger partial charge on any atom is -0.465 e. The Kier molecular flexibility index (Phi) is 5.46. The molecule has 1 aromatic carbocycles. The van der Waals surface area contributed by atoms with Crippen LogP contribution in [0.3, 0.4) is 0 Å².